The molecule has 0 aromatic heterocycles. The molecule has 2 nitrogen and oxygen atoms in total. The number of hydrogen-bond donors (Lipinski definition) is 1. The molecule has 0 radical (unpaired) electrons. The summed E-state index contributed by atoms with van der Waals surface area (Å²) in [5, 5.41) is 0. The van der Waals surface area contributed by atoms with Gasteiger partial charge in [0.05, 0.1) is 0 Å². The predicted octanol–water partition coefficient (Wildman–Crippen LogP) is 3.83. The van der Waals surface area contributed by atoms with Gasteiger partial charge < -0.3 is 10.5 Å². The molecule has 2 N–H and O–H groups in total. The molecule has 1 atom stereocenters. The normalized spacial score (nSPS) is 12.2. The number of aryl methyl sites for hydroxylation is 3. The molecule has 1 unspecified atom stereocenters. The van der Waals surface area contributed by atoms with Gasteiger partial charge in [0.25, 0.3) is 0 Å². The van der Waals surface area contributed by atoms with E-state index in [0.717, 1.165) is 22.4 Å². The molecular formula is C17H20FNO. The molecule has 106 valence electrons. The summed E-state index contributed by atoms with van der Waals surface area (Å²) < 4.78 is 19.3. The second-order valence-electron chi connectivity index (χ2n) is 5.17. The van der Waals surface area contributed by atoms with Gasteiger partial charge in [-0.15, -0.1) is 0 Å². The summed E-state index contributed by atoms with van der Waals surface area (Å²) in [6.07, 6.45) is -0.268. The lowest BCUT2D eigenvalue weighted by atomic mass is 10.1. The van der Waals surface area contributed by atoms with Crippen molar-refractivity contribution < 1.29 is 9.13 Å². The second kappa shape index (κ2) is 6.06. The first kappa shape index (κ1) is 14.5. The van der Waals surface area contributed by atoms with E-state index in [0.29, 0.717) is 12.1 Å². The molecule has 0 amide bonds. The lowest BCUT2D eigenvalue weighted by molar-refractivity contribution is 0.214. The minimum Gasteiger partial charge on any atom is -0.484 e. The Labute approximate surface area is 119 Å². The highest BCUT2D eigenvalue weighted by atomic mass is 19.1. The van der Waals surface area contributed by atoms with Crippen LogP contribution in [0.25, 0.3) is 0 Å². The van der Waals surface area contributed by atoms with Gasteiger partial charge in [0, 0.05) is 6.54 Å². The topological polar surface area (TPSA) is 35.2 Å². The maximum Gasteiger partial charge on any atom is 0.136 e. The number of nitrogens with two attached hydrogens (primary N) is 1. The molecule has 2 aromatic carbocycles. The number of benzene rings is 2. The Balaban J connectivity index is 2.26. The number of halogens is 1. The minimum atomic E-state index is -0.268. The predicted molar refractivity (Wildman–Crippen MR) is 79.5 cm³/mol. The number of rotatable bonds is 4. The van der Waals surface area contributed by atoms with Crippen molar-refractivity contribution in [2.45, 2.75) is 26.9 Å². The Morgan fingerprint density at radius 2 is 1.70 bits per heavy atom. The van der Waals surface area contributed by atoms with E-state index in [4.69, 9.17) is 10.5 Å². The van der Waals surface area contributed by atoms with Gasteiger partial charge in [-0.25, -0.2) is 4.39 Å². The first-order valence-corrected chi connectivity index (χ1v) is 6.70. The van der Waals surface area contributed by atoms with E-state index in [1.54, 1.807) is 19.1 Å². The van der Waals surface area contributed by atoms with Crippen molar-refractivity contribution in [2.75, 3.05) is 6.54 Å². The average molecular weight is 273 g/mol. The Morgan fingerprint density at radius 1 is 1.05 bits per heavy atom. The molecule has 0 saturated heterocycles. The van der Waals surface area contributed by atoms with Crippen molar-refractivity contribution in [3.8, 4) is 5.75 Å². The average Bonchev–Trinajstić information content (AvgIpc) is 2.38. The van der Waals surface area contributed by atoms with Crippen LogP contribution in [0.3, 0.4) is 0 Å². The summed E-state index contributed by atoms with van der Waals surface area (Å²) in [5.74, 6) is 0.579. The van der Waals surface area contributed by atoms with Crippen molar-refractivity contribution >= 4 is 0 Å². The molecule has 2 rings (SSSR count). The molecule has 0 heterocycles. The summed E-state index contributed by atoms with van der Waals surface area (Å²) in [4.78, 5) is 0. The van der Waals surface area contributed by atoms with Crippen LogP contribution in [0, 0.1) is 26.6 Å². The Morgan fingerprint density at radius 3 is 2.25 bits per heavy atom. The Hall–Kier alpha value is -1.87. The van der Waals surface area contributed by atoms with Crippen LogP contribution in [-0.4, -0.2) is 6.54 Å². The standard InChI is InChI=1S/C17H20FNO/c1-11-6-12(2)8-15(7-11)20-17(10-19)14-4-5-16(18)13(3)9-14/h4-9,17H,10,19H2,1-3H3. The van der Waals surface area contributed by atoms with Crippen LogP contribution in [0.2, 0.25) is 0 Å². The summed E-state index contributed by atoms with van der Waals surface area (Å²) >= 11 is 0. The summed E-state index contributed by atoms with van der Waals surface area (Å²) in [6, 6.07) is 11.0. The van der Waals surface area contributed by atoms with E-state index in [2.05, 4.69) is 6.07 Å². The zero-order valence-electron chi connectivity index (χ0n) is 12.1. The fraction of sp³-hybridized carbons (Fsp3) is 0.294. The fourth-order valence-corrected chi connectivity index (χ4v) is 2.29. The molecule has 0 aliphatic heterocycles. The lowest BCUT2D eigenvalue weighted by Gasteiger charge is -2.19. The first-order chi connectivity index (χ1) is 9.49. The van der Waals surface area contributed by atoms with E-state index < -0.39 is 0 Å². The van der Waals surface area contributed by atoms with E-state index in [9.17, 15) is 4.39 Å². The van der Waals surface area contributed by atoms with Crippen molar-refractivity contribution in [2.24, 2.45) is 5.73 Å². The van der Waals surface area contributed by atoms with Crippen LogP contribution in [0.5, 0.6) is 5.75 Å². The molecule has 0 aliphatic rings. The lowest BCUT2D eigenvalue weighted by Crippen LogP contribution is -2.18. The molecule has 3 heteroatoms. The van der Waals surface area contributed by atoms with Crippen LogP contribution < -0.4 is 10.5 Å². The third-order valence-electron chi connectivity index (χ3n) is 3.24. The van der Waals surface area contributed by atoms with E-state index in [1.807, 2.05) is 26.0 Å². The summed E-state index contributed by atoms with van der Waals surface area (Å²) in [6.45, 7) is 6.14. The maximum absolute atomic E-state index is 13.3. The third-order valence-corrected chi connectivity index (χ3v) is 3.24. The molecule has 0 saturated carbocycles. The first-order valence-electron chi connectivity index (χ1n) is 6.70. The Bertz CT molecular complexity index is 590. The minimum absolute atomic E-state index is 0.212. The molecular weight excluding hydrogens is 253 g/mol. The highest BCUT2D eigenvalue weighted by molar-refractivity contribution is 5.34. The van der Waals surface area contributed by atoms with E-state index >= 15 is 0 Å². The molecule has 20 heavy (non-hydrogen) atoms. The highest BCUT2D eigenvalue weighted by Crippen LogP contribution is 2.24. The van der Waals surface area contributed by atoms with Crippen LogP contribution in [0.1, 0.15) is 28.4 Å². The van der Waals surface area contributed by atoms with Gasteiger partial charge in [-0.05, 0) is 67.3 Å². The van der Waals surface area contributed by atoms with Crippen molar-refractivity contribution in [3.63, 3.8) is 0 Å². The van der Waals surface area contributed by atoms with Gasteiger partial charge in [-0.2, -0.15) is 0 Å². The monoisotopic (exact) mass is 273 g/mol. The van der Waals surface area contributed by atoms with E-state index in [-0.39, 0.29) is 11.9 Å². The van der Waals surface area contributed by atoms with Crippen molar-refractivity contribution in [1.29, 1.82) is 0 Å². The van der Waals surface area contributed by atoms with Crippen molar-refractivity contribution in [1.82, 2.24) is 0 Å². The van der Waals surface area contributed by atoms with Crippen LogP contribution in [-0.2, 0) is 0 Å². The van der Waals surface area contributed by atoms with Gasteiger partial charge in [0.2, 0.25) is 0 Å². The SMILES string of the molecule is Cc1cc(C)cc(OC(CN)c2ccc(F)c(C)c2)c1. The summed E-state index contributed by atoms with van der Waals surface area (Å²) in [5.41, 5.74) is 9.58. The largest absolute Gasteiger partial charge is 0.484 e. The number of ether oxygens (including phenoxy) is 1. The fourth-order valence-electron chi connectivity index (χ4n) is 2.29. The number of hydrogen-bond acceptors (Lipinski definition) is 2. The third kappa shape index (κ3) is 3.36. The zero-order valence-corrected chi connectivity index (χ0v) is 12.1. The molecule has 0 aliphatic carbocycles. The van der Waals surface area contributed by atoms with Crippen molar-refractivity contribution in [3.05, 3.63) is 64.5 Å². The maximum atomic E-state index is 13.3. The molecule has 0 fully saturated rings. The quantitative estimate of drug-likeness (QED) is 0.918. The Kier molecular flexibility index (Phi) is 4.40. The van der Waals surface area contributed by atoms with Gasteiger partial charge in [-0.3, -0.25) is 0 Å². The molecule has 0 spiro atoms. The zero-order chi connectivity index (χ0) is 14.7. The van der Waals surface area contributed by atoms with Crippen LogP contribution >= 0.6 is 0 Å². The van der Waals surface area contributed by atoms with Gasteiger partial charge >= 0.3 is 0 Å². The smallest absolute Gasteiger partial charge is 0.136 e. The van der Waals surface area contributed by atoms with Crippen LogP contribution in [0.4, 0.5) is 4.39 Å². The summed E-state index contributed by atoms with van der Waals surface area (Å²) in [7, 11) is 0. The molecule has 2 aromatic rings. The van der Waals surface area contributed by atoms with Gasteiger partial charge in [0.15, 0.2) is 0 Å². The van der Waals surface area contributed by atoms with Gasteiger partial charge in [0.1, 0.15) is 17.7 Å². The highest BCUT2D eigenvalue weighted by Gasteiger charge is 2.13. The second-order valence-corrected chi connectivity index (χ2v) is 5.17. The van der Waals surface area contributed by atoms with Crippen LogP contribution in [0.15, 0.2) is 36.4 Å². The van der Waals surface area contributed by atoms with E-state index in [1.165, 1.54) is 6.07 Å². The molecule has 0 bridgehead atoms. The van der Waals surface area contributed by atoms with Gasteiger partial charge in [-0.1, -0.05) is 12.1 Å².